The largest absolute Gasteiger partial charge is 0.505 e. The van der Waals surface area contributed by atoms with E-state index in [4.69, 9.17) is 20.4 Å². The van der Waals surface area contributed by atoms with E-state index in [-0.39, 0.29) is 5.56 Å². The number of hydrogen-bond acceptors (Lipinski definition) is 9. The number of carbonyl (C=O) groups excluding carboxylic acids is 1. The lowest BCUT2D eigenvalue weighted by Gasteiger charge is -2.13. The molecule has 2 aromatic rings. The molecule has 6 N–H and O–H groups in total. The van der Waals surface area contributed by atoms with Crippen molar-refractivity contribution in [1.29, 1.82) is 0 Å². The number of hydrogen-bond donors (Lipinski definition) is 6. The number of esters is 1. The predicted molar refractivity (Wildman–Crippen MR) is 69.8 cm³/mol. The summed E-state index contributed by atoms with van der Waals surface area (Å²) >= 11 is 0. The third-order valence-corrected chi connectivity index (χ3v) is 2.70. The fourth-order valence-corrected chi connectivity index (χ4v) is 1.60. The van der Waals surface area contributed by atoms with E-state index in [1.54, 1.807) is 0 Å². The van der Waals surface area contributed by atoms with E-state index in [1.165, 1.54) is 12.7 Å². The maximum absolute atomic E-state index is 10.9. The number of aliphatic hydroxyl groups is 4. The number of ether oxygens (including phenoxy) is 1. The SMILES string of the molecule is O=C1O[C@H]([C@@H](O)CO)C(O)=C1O.O=c1[nH]cnc2nc[nH]c12. The second-order valence-electron chi connectivity index (χ2n) is 4.14. The van der Waals surface area contributed by atoms with Crippen LogP contribution in [-0.2, 0) is 9.53 Å². The molecule has 0 spiro atoms. The van der Waals surface area contributed by atoms with Crippen molar-refractivity contribution >= 4 is 17.1 Å². The molecule has 11 nitrogen and oxygen atoms in total. The standard InChI is InChI=1S/C6H8O6.C5H4N4O/c7-1-2(8)5-3(9)4(10)6(11)12-5;10-5-3-4(7-1-6-3)8-2-9-5/h2,5,7-10H,1H2;1-2H,(H2,6,7,8,9,10)/t2-,5+;/m0./s1. The van der Waals surface area contributed by atoms with E-state index in [0.29, 0.717) is 11.2 Å². The number of fused-ring (bicyclic) bond motifs is 1. The van der Waals surface area contributed by atoms with Crippen molar-refractivity contribution < 1.29 is 30.0 Å². The molecule has 0 amide bonds. The van der Waals surface area contributed by atoms with Gasteiger partial charge in [-0.1, -0.05) is 0 Å². The van der Waals surface area contributed by atoms with Crippen molar-refractivity contribution in [1.82, 2.24) is 19.9 Å². The zero-order chi connectivity index (χ0) is 16.3. The molecule has 0 saturated heterocycles. The molecule has 1 aliphatic heterocycles. The maximum Gasteiger partial charge on any atom is 0.377 e. The van der Waals surface area contributed by atoms with Crippen LogP contribution >= 0.6 is 0 Å². The zero-order valence-electron chi connectivity index (χ0n) is 10.9. The van der Waals surface area contributed by atoms with Gasteiger partial charge in [-0.15, -0.1) is 0 Å². The van der Waals surface area contributed by atoms with Gasteiger partial charge in [0.15, 0.2) is 23.0 Å². The summed E-state index contributed by atoms with van der Waals surface area (Å²) in [6, 6.07) is 0. The molecule has 0 fully saturated rings. The molecule has 0 radical (unpaired) electrons. The third kappa shape index (κ3) is 2.89. The Bertz CT molecular complexity index is 765. The first-order valence-corrected chi connectivity index (χ1v) is 5.94. The van der Waals surface area contributed by atoms with Crippen LogP contribution in [0, 0.1) is 0 Å². The molecule has 0 unspecified atom stereocenters. The van der Waals surface area contributed by atoms with Gasteiger partial charge in [-0.2, -0.15) is 0 Å². The average molecular weight is 312 g/mol. The molecule has 2 atom stereocenters. The maximum atomic E-state index is 10.9. The van der Waals surface area contributed by atoms with Crippen LogP contribution in [0.1, 0.15) is 0 Å². The van der Waals surface area contributed by atoms with Crippen LogP contribution in [0.5, 0.6) is 0 Å². The van der Waals surface area contributed by atoms with Crippen LogP contribution in [0.25, 0.3) is 11.2 Å². The molecule has 0 aliphatic carbocycles. The van der Waals surface area contributed by atoms with E-state index in [1.807, 2.05) is 0 Å². The van der Waals surface area contributed by atoms with Gasteiger partial charge < -0.3 is 35.1 Å². The highest BCUT2D eigenvalue weighted by Gasteiger charge is 2.38. The van der Waals surface area contributed by atoms with Crippen molar-refractivity contribution in [2.45, 2.75) is 12.2 Å². The van der Waals surface area contributed by atoms with E-state index in [2.05, 4.69) is 24.7 Å². The molecule has 118 valence electrons. The van der Waals surface area contributed by atoms with E-state index in [9.17, 15) is 9.59 Å². The number of rotatable bonds is 2. The summed E-state index contributed by atoms with van der Waals surface area (Å²) in [6.45, 7) is -0.671. The van der Waals surface area contributed by atoms with Crippen LogP contribution in [-0.4, -0.2) is 65.1 Å². The van der Waals surface area contributed by atoms with Gasteiger partial charge in [0, 0.05) is 0 Å². The Morgan fingerprint density at radius 2 is 1.86 bits per heavy atom. The number of nitrogens with one attached hydrogen (secondary N) is 2. The molecule has 3 heterocycles. The summed E-state index contributed by atoms with van der Waals surface area (Å²) in [5, 5.41) is 35.0. The first-order valence-electron chi connectivity index (χ1n) is 5.94. The fourth-order valence-electron chi connectivity index (χ4n) is 1.60. The van der Waals surface area contributed by atoms with Crippen molar-refractivity contribution in [3.05, 3.63) is 34.5 Å². The van der Waals surface area contributed by atoms with Gasteiger partial charge in [0.25, 0.3) is 5.56 Å². The smallest absolute Gasteiger partial charge is 0.377 e. The lowest BCUT2D eigenvalue weighted by Crippen LogP contribution is -2.31. The van der Waals surface area contributed by atoms with Gasteiger partial charge in [-0.3, -0.25) is 4.79 Å². The molecule has 1 aliphatic rings. The molecule has 11 heteroatoms. The third-order valence-electron chi connectivity index (χ3n) is 2.70. The number of aliphatic hydroxyl groups excluding tert-OH is 4. The quantitative estimate of drug-likeness (QED) is 0.350. The summed E-state index contributed by atoms with van der Waals surface area (Å²) < 4.78 is 4.32. The van der Waals surface area contributed by atoms with E-state index in [0.717, 1.165) is 0 Å². The van der Waals surface area contributed by atoms with E-state index < -0.39 is 36.3 Å². The predicted octanol–water partition coefficient (Wildman–Crippen LogP) is -1.76. The summed E-state index contributed by atoms with van der Waals surface area (Å²) in [7, 11) is 0. The molecular weight excluding hydrogens is 300 g/mol. The minimum atomic E-state index is -1.42. The topological polar surface area (TPSA) is 182 Å². The highest BCUT2D eigenvalue weighted by atomic mass is 16.6. The molecule has 0 aromatic carbocycles. The van der Waals surface area contributed by atoms with Gasteiger partial charge in [0.2, 0.25) is 5.76 Å². The molecule has 0 saturated carbocycles. The molecule has 3 rings (SSSR count). The lowest BCUT2D eigenvalue weighted by atomic mass is 10.2. The highest BCUT2D eigenvalue weighted by molar-refractivity contribution is 5.89. The Hall–Kier alpha value is -2.92. The normalized spacial score (nSPS) is 18.8. The van der Waals surface area contributed by atoms with Crippen LogP contribution < -0.4 is 5.56 Å². The number of imidazole rings is 1. The summed E-state index contributed by atoms with van der Waals surface area (Å²) in [5.41, 5.74) is 0.675. The second kappa shape index (κ2) is 6.24. The molecule has 0 bridgehead atoms. The number of aromatic amines is 2. The zero-order valence-corrected chi connectivity index (χ0v) is 10.9. The lowest BCUT2D eigenvalue weighted by molar-refractivity contribution is -0.147. The molecule has 22 heavy (non-hydrogen) atoms. The number of H-pyrrole nitrogens is 2. The number of carbonyl (C=O) groups is 1. The van der Waals surface area contributed by atoms with Crippen molar-refractivity contribution in [2.24, 2.45) is 0 Å². The van der Waals surface area contributed by atoms with Crippen molar-refractivity contribution in [3.8, 4) is 0 Å². The number of cyclic esters (lactones) is 1. The Morgan fingerprint density at radius 1 is 1.23 bits per heavy atom. The first kappa shape index (κ1) is 15.5. The Morgan fingerprint density at radius 3 is 2.36 bits per heavy atom. The first-order chi connectivity index (χ1) is 10.5. The fraction of sp³-hybridized carbons (Fsp3) is 0.273. The van der Waals surface area contributed by atoms with Crippen molar-refractivity contribution in [2.75, 3.05) is 6.61 Å². The summed E-state index contributed by atoms with van der Waals surface area (Å²) in [6.07, 6.45) is -0.0144. The Kier molecular flexibility index (Phi) is 4.39. The van der Waals surface area contributed by atoms with Gasteiger partial charge >= 0.3 is 5.97 Å². The molecule has 2 aromatic heterocycles. The highest BCUT2D eigenvalue weighted by Crippen LogP contribution is 2.20. The van der Waals surface area contributed by atoms with Crippen LogP contribution in [0.3, 0.4) is 0 Å². The number of nitrogens with zero attached hydrogens (tertiary/aromatic N) is 2. The summed E-state index contributed by atoms with van der Waals surface area (Å²) in [5.74, 6) is -2.78. The number of aromatic nitrogens is 4. The second-order valence-corrected chi connectivity index (χ2v) is 4.14. The molecular formula is C11H12N4O7. The minimum absolute atomic E-state index is 0.192. The monoisotopic (exact) mass is 312 g/mol. The van der Waals surface area contributed by atoms with Crippen LogP contribution in [0.2, 0.25) is 0 Å². The Balaban J connectivity index is 0.000000162. The van der Waals surface area contributed by atoms with E-state index >= 15 is 0 Å². The van der Waals surface area contributed by atoms with Crippen LogP contribution in [0.15, 0.2) is 29.0 Å². The average Bonchev–Trinajstić information content (AvgIpc) is 3.09. The van der Waals surface area contributed by atoms with Gasteiger partial charge in [-0.05, 0) is 0 Å². The summed E-state index contributed by atoms with van der Waals surface area (Å²) in [4.78, 5) is 34.1. The van der Waals surface area contributed by atoms with Crippen molar-refractivity contribution in [3.63, 3.8) is 0 Å². The Labute approximate surface area is 121 Å². The minimum Gasteiger partial charge on any atom is -0.505 e. The van der Waals surface area contributed by atoms with Gasteiger partial charge in [-0.25, -0.2) is 14.8 Å². The van der Waals surface area contributed by atoms with Gasteiger partial charge in [0.05, 0.1) is 19.3 Å². The van der Waals surface area contributed by atoms with Crippen LogP contribution in [0.4, 0.5) is 0 Å². The van der Waals surface area contributed by atoms with Gasteiger partial charge in [0.1, 0.15) is 6.10 Å².